The smallest absolute Gasteiger partial charge is 0.329 e. The summed E-state index contributed by atoms with van der Waals surface area (Å²) in [6.07, 6.45) is 0.800. The molecule has 0 aromatic heterocycles. The molecule has 1 amide bonds. The third-order valence-corrected chi connectivity index (χ3v) is 5.86. The largest absolute Gasteiger partial charge is 0.480 e. The van der Waals surface area contributed by atoms with Crippen molar-refractivity contribution >= 4 is 33.5 Å². The number of aliphatic carboxylic acids is 1. The topological polar surface area (TPSA) is 104 Å². The standard InChI is InChI=1S/C15H21ClN2O5S/c1-5-8-15(2,14(20)21)17-13(19)10-6-7-11(16)12(9-10)24(22,23)18(3)4/h6-7,9H,5,8H2,1-4H3,(H,17,19)(H,20,21). The lowest BCUT2D eigenvalue weighted by molar-refractivity contribution is -0.144. The number of nitrogens with one attached hydrogen (secondary N) is 1. The molecule has 7 nitrogen and oxygen atoms in total. The molecule has 0 aliphatic heterocycles. The fraction of sp³-hybridized carbons (Fsp3) is 0.467. The molecular weight excluding hydrogens is 356 g/mol. The lowest BCUT2D eigenvalue weighted by atomic mass is 9.96. The van der Waals surface area contributed by atoms with Crippen LogP contribution in [0.1, 0.15) is 37.0 Å². The Balaban J connectivity index is 3.25. The Labute approximate surface area is 146 Å². The zero-order valence-electron chi connectivity index (χ0n) is 14.0. The Morgan fingerprint density at radius 1 is 1.33 bits per heavy atom. The van der Waals surface area contributed by atoms with E-state index in [1.807, 2.05) is 0 Å². The maximum atomic E-state index is 12.4. The normalized spacial score (nSPS) is 14.2. The Bertz CT molecular complexity index is 748. The molecule has 0 aliphatic rings. The summed E-state index contributed by atoms with van der Waals surface area (Å²) >= 11 is 5.93. The second-order valence-corrected chi connectivity index (χ2v) is 8.30. The van der Waals surface area contributed by atoms with Crippen molar-refractivity contribution < 1.29 is 23.1 Å². The first-order valence-corrected chi connectivity index (χ1v) is 9.05. The number of amides is 1. The van der Waals surface area contributed by atoms with Crippen molar-refractivity contribution in [2.24, 2.45) is 0 Å². The number of carbonyl (C=O) groups is 2. The quantitative estimate of drug-likeness (QED) is 0.757. The maximum Gasteiger partial charge on any atom is 0.329 e. The van der Waals surface area contributed by atoms with Gasteiger partial charge in [0.15, 0.2) is 0 Å². The van der Waals surface area contributed by atoms with E-state index in [-0.39, 0.29) is 21.9 Å². The molecule has 24 heavy (non-hydrogen) atoms. The van der Waals surface area contributed by atoms with Gasteiger partial charge in [0, 0.05) is 19.7 Å². The van der Waals surface area contributed by atoms with Crippen LogP contribution in [-0.4, -0.2) is 49.3 Å². The van der Waals surface area contributed by atoms with Crippen molar-refractivity contribution in [1.29, 1.82) is 0 Å². The summed E-state index contributed by atoms with van der Waals surface area (Å²) in [7, 11) is -1.13. The highest BCUT2D eigenvalue weighted by molar-refractivity contribution is 7.89. The number of rotatable bonds is 7. The summed E-state index contributed by atoms with van der Waals surface area (Å²) in [6, 6.07) is 3.78. The number of nitrogens with zero attached hydrogens (tertiary/aromatic N) is 1. The predicted molar refractivity (Wildman–Crippen MR) is 90.7 cm³/mol. The highest BCUT2D eigenvalue weighted by Crippen LogP contribution is 2.25. The molecule has 0 aliphatic carbocycles. The molecule has 134 valence electrons. The third kappa shape index (κ3) is 4.25. The lowest BCUT2D eigenvalue weighted by Gasteiger charge is -2.26. The highest BCUT2D eigenvalue weighted by atomic mass is 35.5. The molecule has 0 heterocycles. The minimum atomic E-state index is -3.83. The molecule has 2 N–H and O–H groups in total. The first kappa shape index (κ1) is 20.4. The van der Waals surface area contributed by atoms with E-state index in [9.17, 15) is 23.1 Å². The van der Waals surface area contributed by atoms with E-state index in [0.717, 1.165) is 10.4 Å². The van der Waals surface area contributed by atoms with E-state index in [1.165, 1.54) is 33.2 Å². The Morgan fingerprint density at radius 2 is 1.92 bits per heavy atom. The predicted octanol–water partition coefficient (Wildman–Crippen LogP) is 1.96. The minimum Gasteiger partial charge on any atom is -0.480 e. The van der Waals surface area contributed by atoms with Crippen molar-refractivity contribution in [3.05, 3.63) is 28.8 Å². The molecule has 1 aromatic carbocycles. The zero-order chi connectivity index (χ0) is 18.7. The first-order chi connectivity index (χ1) is 11.0. The summed E-state index contributed by atoms with van der Waals surface area (Å²) in [5, 5.41) is 11.8. The van der Waals surface area contributed by atoms with Gasteiger partial charge in [-0.15, -0.1) is 0 Å². The minimum absolute atomic E-state index is 0.0170. The van der Waals surface area contributed by atoms with Gasteiger partial charge in [-0.25, -0.2) is 17.5 Å². The molecule has 1 atom stereocenters. The van der Waals surface area contributed by atoms with Crippen molar-refractivity contribution in [3.63, 3.8) is 0 Å². The fourth-order valence-electron chi connectivity index (χ4n) is 2.08. The second kappa shape index (κ2) is 7.50. The van der Waals surface area contributed by atoms with E-state index >= 15 is 0 Å². The molecule has 0 spiro atoms. The monoisotopic (exact) mass is 376 g/mol. The molecule has 1 aromatic rings. The molecule has 0 saturated carbocycles. The van der Waals surface area contributed by atoms with Crippen LogP contribution in [0.15, 0.2) is 23.1 Å². The van der Waals surface area contributed by atoms with Crippen LogP contribution in [0, 0.1) is 0 Å². The molecule has 0 bridgehead atoms. The summed E-state index contributed by atoms with van der Waals surface area (Å²) in [5.41, 5.74) is -1.42. The number of carboxylic acid groups (broad SMARTS) is 1. The van der Waals surface area contributed by atoms with Gasteiger partial charge in [0.1, 0.15) is 10.4 Å². The van der Waals surface area contributed by atoms with E-state index < -0.39 is 27.4 Å². The third-order valence-electron chi connectivity index (χ3n) is 3.56. The Kier molecular flexibility index (Phi) is 6.38. The maximum absolute atomic E-state index is 12.4. The van der Waals surface area contributed by atoms with Crippen LogP contribution in [0.4, 0.5) is 0 Å². The van der Waals surface area contributed by atoms with Crippen LogP contribution in [0.5, 0.6) is 0 Å². The SMILES string of the molecule is CCCC(C)(NC(=O)c1ccc(Cl)c(S(=O)(=O)N(C)C)c1)C(=O)O. The van der Waals surface area contributed by atoms with Crippen LogP contribution < -0.4 is 5.32 Å². The van der Waals surface area contributed by atoms with Crippen LogP contribution in [0.3, 0.4) is 0 Å². The number of sulfonamides is 1. The van der Waals surface area contributed by atoms with E-state index in [0.29, 0.717) is 6.42 Å². The average Bonchev–Trinajstić information content (AvgIpc) is 2.47. The van der Waals surface area contributed by atoms with Crippen molar-refractivity contribution in [2.75, 3.05) is 14.1 Å². The van der Waals surface area contributed by atoms with Crippen LogP contribution in [0.25, 0.3) is 0 Å². The number of hydrogen-bond donors (Lipinski definition) is 2. The van der Waals surface area contributed by atoms with Crippen LogP contribution in [0.2, 0.25) is 5.02 Å². The first-order valence-electron chi connectivity index (χ1n) is 7.23. The van der Waals surface area contributed by atoms with Gasteiger partial charge in [-0.2, -0.15) is 0 Å². The van der Waals surface area contributed by atoms with E-state index in [1.54, 1.807) is 6.92 Å². The Morgan fingerprint density at radius 3 is 2.38 bits per heavy atom. The number of benzene rings is 1. The van der Waals surface area contributed by atoms with Gasteiger partial charge in [0.2, 0.25) is 10.0 Å². The number of halogens is 1. The van der Waals surface area contributed by atoms with E-state index in [2.05, 4.69) is 5.32 Å². The lowest BCUT2D eigenvalue weighted by Crippen LogP contribution is -2.52. The second-order valence-electron chi connectivity index (χ2n) is 5.77. The highest BCUT2D eigenvalue weighted by Gasteiger charge is 2.34. The fourth-order valence-corrected chi connectivity index (χ4v) is 3.48. The van der Waals surface area contributed by atoms with Crippen molar-refractivity contribution in [1.82, 2.24) is 9.62 Å². The number of carboxylic acids is 1. The number of hydrogen-bond acceptors (Lipinski definition) is 4. The van der Waals surface area contributed by atoms with Gasteiger partial charge >= 0.3 is 5.97 Å². The summed E-state index contributed by atoms with van der Waals surface area (Å²) in [4.78, 5) is 23.6. The molecule has 1 unspecified atom stereocenters. The van der Waals surface area contributed by atoms with Crippen molar-refractivity contribution in [2.45, 2.75) is 37.1 Å². The van der Waals surface area contributed by atoms with Gasteiger partial charge in [0.25, 0.3) is 5.91 Å². The summed E-state index contributed by atoms with van der Waals surface area (Å²) in [6.45, 7) is 3.21. The van der Waals surface area contributed by atoms with Gasteiger partial charge < -0.3 is 10.4 Å². The molecular formula is C15H21ClN2O5S. The molecule has 1 rings (SSSR count). The van der Waals surface area contributed by atoms with Crippen LogP contribution in [-0.2, 0) is 14.8 Å². The van der Waals surface area contributed by atoms with Crippen molar-refractivity contribution in [3.8, 4) is 0 Å². The molecule has 0 radical (unpaired) electrons. The summed E-state index contributed by atoms with van der Waals surface area (Å²) < 4.78 is 25.5. The van der Waals surface area contributed by atoms with Gasteiger partial charge in [-0.05, 0) is 31.5 Å². The molecule has 0 fully saturated rings. The van der Waals surface area contributed by atoms with Crippen LogP contribution >= 0.6 is 11.6 Å². The van der Waals surface area contributed by atoms with E-state index in [4.69, 9.17) is 11.6 Å². The van der Waals surface area contributed by atoms with Gasteiger partial charge in [-0.3, -0.25) is 4.79 Å². The molecule has 9 heteroatoms. The van der Waals surface area contributed by atoms with Gasteiger partial charge in [0.05, 0.1) is 5.02 Å². The summed E-state index contributed by atoms with van der Waals surface area (Å²) in [5.74, 6) is -1.84. The van der Waals surface area contributed by atoms with Gasteiger partial charge in [-0.1, -0.05) is 24.9 Å². The average molecular weight is 377 g/mol. The molecule has 0 saturated heterocycles. The Hall–Kier alpha value is -1.64. The zero-order valence-corrected chi connectivity index (χ0v) is 15.5. The number of carbonyl (C=O) groups excluding carboxylic acids is 1.